The molecule has 0 spiro atoms. The Hall–Kier alpha value is -3.11. The van der Waals surface area contributed by atoms with E-state index in [1.807, 2.05) is 6.07 Å². The number of alkyl halides is 3. The number of nitrogens with zero attached hydrogens (tertiary/aromatic N) is 3. The molecule has 0 atom stereocenters. The maximum atomic E-state index is 14.0. The number of hydrogen-bond acceptors (Lipinski definition) is 5. The molecule has 1 fully saturated rings. The fraction of sp³-hybridized carbons (Fsp3) is 0.417. The van der Waals surface area contributed by atoms with E-state index < -0.39 is 17.6 Å². The van der Waals surface area contributed by atoms with Gasteiger partial charge in [0.05, 0.1) is 12.1 Å². The van der Waals surface area contributed by atoms with Gasteiger partial charge in [0.2, 0.25) is 0 Å². The minimum absolute atomic E-state index is 0.00686. The Morgan fingerprint density at radius 1 is 1.24 bits per heavy atom. The molecule has 1 aliphatic heterocycles. The van der Waals surface area contributed by atoms with E-state index >= 15 is 0 Å². The average molecular weight is 475 g/mol. The van der Waals surface area contributed by atoms with Crippen LogP contribution in [0.1, 0.15) is 58.8 Å². The molecule has 4 rings (SSSR count). The van der Waals surface area contributed by atoms with Crippen LogP contribution in [0.2, 0.25) is 0 Å². The van der Waals surface area contributed by atoms with Crippen LogP contribution in [0.15, 0.2) is 41.5 Å². The number of hydrazone groups is 1. The highest BCUT2D eigenvalue weighted by molar-refractivity contribution is 6.10. The summed E-state index contributed by atoms with van der Waals surface area (Å²) in [6.45, 7) is 2.20. The van der Waals surface area contributed by atoms with Crippen molar-refractivity contribution in [3.63, 3.8) is 0 Å². The van der Waals surface area contributed by atoms with Crippen molar-refractivity contribution in [2.75, 3.05) is 11.9 Å². The summed E-state index contributed by atoms with van der Waals surface area (Å²) in [7, 11) is 1.60. The second-order valence-electron chi connectivity index (χ2n) is 9.33. The van der Waals surface area contributed by atoms with E-state index in [1.165, 1.54) is 16.0 Å². The molecule has 0 aromatic heterocycles. The van der Waals surface area contributed by atoms with Gasteiger partial charge < -0.3 is 16.1 Å². The van der Waals surface area contributed by atoms with Crippen molar-refractivity contribution in [2.45, 2.75) is 57.4 Å². The van der Waals surface area contributed by atoms with Gasteiger partial charge >= 0.3 is 6.18 Å². The van der Waals surface area contributed by atoms with Crippen LogP contribution in [0.3, 0.4) is 0 Å². The molecule has 1 aliphatic carbocycles. The number of hydrogen-bond donors (Lipinski definition) is 3. The lowest BCUT2D eigenvalue weighted by molar-refractivity contribution is -0.138. The van der Waals surface area contributed by atoms with Crippen molar-refractivity contribution in [3.8, 4) is 0 Å². The summed E-state index contributed by atoms with van der Waals surface area (Å²) in [6, 6.07) is 9.76. The van der Waals surface area contributed by atoms with Crippen LogP contribution >= 0.6 is 0 Å². The van der Waals surface area contributed by atoms with Crippen molar-refractivity contribution >= 4 is 17.4 Å². The molecule has 2 aliphatic rings. The maximum absolute atomic E-state index is 14.0. The number of carbonyl (C=O) groups is 1. The molecule has 7 nitrogen and oxygen atoms in total. The summed E-state index contributed by atoms with van der Waals surface area (Å²) in [5.41, 5.74) is 1.03. The van der Waals surface area contributed by atoms with E-state index in [2.05, 4.69) is 17.3 Å². The van der Waals surface area contributed by atoms with E-state index in [0.717, 1.165) is 24.8 Å². The van der Waals surface area contributed by atoms with Crippen molar-refractivity contribution in [3.05, 3.63) is 64.2 Å². The number of fused-ring (bicyclic) bond motifs is 1. The van der Waals surface area contributed by atoms with Crippen molar-refractivity contribution in [1.82, 2.24) is 10.3 Å². The van der Waals surface area contributed by atoms with E-state index in [0.29, 0.717) is 23.5 Å². The molecule has 0 saturated heterocycles. The van der Waals surface area contributed by atoms with E-state index in [1.54, 1.807) is 31.3 Å². The third-order valence-electron chi connectivity index (χ3n) is 6.72. The third kappa shape index (κ3) is 4.74. The van der Waals surface area contributed by atoms with Gasteiger partial charge in [0.15, 0.2) is 0 Å². The molecule has 1 saturated carbocycles. The Bertz CT molecular complexity index is 1120. The fourth-order valence-corrected chi connectivity index (χ4v) is 4.51. The van der Waals surface area contributed by atoms with Gasteiger partial charge in [-0.1, -0.05) is 12.1 Å². The van der Waals surface area contributed by atoms with Gasteiger partial charge in [-0.3, -0.25) is 9.80 Å². The summed E-state index contributed by atoms with van der Waals surface area (Å²) >= 11 is 0. The van der Waals surface area contributed by atoms with Gasteiger partial charge in [-0.2, -0.15) is 18.3 Å². The summed E-state index contributed by atoms with van der Waals surface area (Å²) in [4.78, 5) is 14.6. The molecule has 2 aromatic rings. The molecule has 1 amide bonds. The second kappa shape index (κ2) is 8.92. The number of benzene rings is 2. The topological polar surface area (TPSA) is 100.0 Å². The molecule has 0 bridgehead atoms. The summed E-state index contributed by atoms with van der Waals surface area (Å²) in [6.07, 6.45) is -1.16. The number of likely N-dealkylation sites (N-methyl/N-ethyl adjacent to an activating group) is 1. The highest BCUT2D eigenvalue weighted by atomic mass is 19.4. The van der Waals surface area contributed by atoms with Crippen LogP contribution in [0.4, 0.5) is 18.9 Å². The number of carbonyl (C=O) groups excluding carboxylic acids is 1. The lowest BCUT2D eigenvalue weighted by Gasteiger charge is -2.39. The van der Waals surface area contributed by atoms with Gasteiger partial charge in [-0.05, 0) is 67.1 Å². The van der Waals surface area contributed by atoms with Crippen molar-refractivity contribution < 1.29 is 18.0 Å². The largest absolute Gasteiger partial charge is 0.416 e. The first-order valence-corrected chi connectivity index (χ1v) is 11.1. The predicted molar refractivity (Wildman–Crippen MR) is 125 cm³/mol. The number of amidine groups is 1. The lowest BCUT2D eigenvalue weighted by atomic mass is 9.78. The highest BCUT2D eigenvalue weighted by Gasteiger charge is 2.41. The Morgan fingerprint density at radius 2 is 1.97 bits per heavy atom. The molecule has 0 radical (unpaired) electrons. The standard InChI is InChI=1S/C24H29F3N6O/c1-23(7-4-8-23)30-13-16-10-18-19(20(11-16)24(25,26)27)14-33(22(18)34)17-6-3-5-15(9-17)12-21(31-28)32(2)29/h3,5-6,9-11,30H,4,7-8,12-14,28-29H2,1-2H3/b31-21-. The first-order chi connectivity index (χ1) is 16.0. The molecule has 10 heteroatoms. The lowest BCUT2D eigenvalue weighted by Crippen LogP contribution is -2.47. The van der Waals surface area contributed by atoms with Gasteiger partial charge in [0, 0.05) is 36.8 Å². The highest BCUT2D eigenvalue weighted by Crippen LogP contribution is 2.40. The van der Waals surface area contributed by atoms with Crippen LogP contribution in [0, 0.1) is 0 Å². The second-order valence-corrected chi connectivity index (χ2v) is 9.33. The Labute approximate surface area is 196 Å². The SMILES string of the molecule is CN(N)/C(Cc1cccc(N2Cc3c(cc(CNC4(C)CCC4)cc3C(F)(F)F)C2=O)c1)=N\N. The van der Waals surface area contributed by atoms with Crippen LogP contribution in [-0.4, -0.2) is 29.3 Å². The molecular formula is C24H29F3N6O. The molecular weight excluding hydrogens is 445 g/mol. The monoisotopic (exact) mass is 474 g/mol. The van der Waals surface area contributed by atoms with Crippen molar-refractivity contribution in [1.29, 1.82) is 0 Å². The van der Waals surface area contributed by atoms with E-state index in [9.17, 15) is 18.0 Å². The number of hydrazine groups is 1. The molecule has 182 valence electrons. The number of nitrogens with two attached hydrogens (primary N) is 2. The molecule has 2 aromatic carbocycles. The Kier molecular flexibility index (Phi) is 6.30. The van der Waals surface area contributed by atoms with Crippen LogP contribution < -0.4 is 21.9 Å². The molecule has 5 N–H and O–H groups in total. The normalized spacial score (nSPS) is 17.5. The molecule has 34 heavy (non-hydrogen) atoms. The smallest absolute Gasteiger partial charge is 0.322 e. The quantitative estimate of drug-likeness (QED) is 0.258. The number of rotatable bonds is 6. The first-order valence-electron chi connectivity index (χ1n) is 11.1. The number of halogens is 3. The predicted octanol–water partition coefficient (Wildman–Crippen LogP) is 3.52. The van der Waals surface area contributed by atoms with Crippen LogP contribution in [-0.2, 0) is 25.7 Å². The van der Waals surface area contributed by atoms with E-state index in [4.69, 9.17) is 11.7 Å². The maximum Gasteiger partial charge on any atom is 0.416 e. The van der Waals surface area contributed by atoms with Gasteiger partial charge in [-0.25, -0.2) is 5.84 Å². The Balaban J connectivity index is 1.63. The van der Waals surface area contributed by atoms with Crippen LogP contribution in [0.25, 0.3) is 0 Å². The number of anilines is 1. The first kappa shape index (κ1) is 24.0. The zero-order valence-electron chi connectivity index (χ0n) is 19.2. The number of amides is 1. The molecule has 1 heterocycles. The summed E-state index contributed by atoms with van der Waals surface area (Å²) < 4.78 is 41.9. The van der Waals surface area contributed by atoms with Gasteiger partial charge in [0.1, 0.15) is 5.84 Å². The zero-order valence-corrected chi connectivity index (χ0v) is 19.2. The zero-order chi connectivity index (χ0) is 24.7. The van der Waals surface area contributed by atoms with Crippen molar-refractivity contribution in [2.24, 2.45) is 16.8 Å². The van der Waals surface area contributed by atoms with E-state index in [-0.39, 0.29) is 29.8 Å². The molecule has 0 unspecified atom stereocenters. The summed E-state index contributed by atoms with van der Waals surface area (Å²) in [5.74, 6) is 11.1. The number of nitrogens with one attached hydrogen (secondary N) is 1. The minimum atomic E-state index is -4.56. The van der Waals surface area contributed by atoms with Gasteiger partial charge in [0.25, 0.3) is 5.91 Å². The summed E-state index contributed by atoms with van der Waals surface area (Å²) in [5, 5.41) is 8.30. The Morgan fingerprint density at radius 3 is 2.56 bits per heavy atom. The van der Waals surface area contributed by atoms with Crippen LogP contribution in [0.5, 0.6) is 0 Å². The van der Waals surface area contributed by atoms with Gasteiger partial charge in [-0.15, -0.1) is 0 Å². The average Bonchev–Trinajstić information content (AvgIpc) is 3.10. The third-order valence-corrected chi connectivity index (χ3v) is 6.72. The fourth-order valence-electron chi connectivity index (χ4n) is 4.51. The minimum Gasteiger partial charge on any atom is -0.322 e.